The molecule has 1 aromatic rings. The maximum atomic E-state index is 11.8. The number of rotatable bonds is 8. The lowest BCUT2D eigenvalue weighted by Crippen LogP contribution is -2.24. The Morgan fingerprint density at radius 3 is 2.70 bits per heavy atom. The van der Waals surface area contributed by atoms with E-state index in [0.29, 0.717) is 25.4 Å². The van der Waals surface area contributed by atoms with E-state index in [4.69, 9.17) is 15.2 Å². The summed E-state index contributed by atoms with van der Waals surface area (Å²) < 4.78 is 10.4. The average molecular weight is 280 g/mol. The summed E-state index contributed by atoms with van der Waals surface area (Å²) >= 11 is 0. The normalized spacial score (nSPS) is 11.8. The van der Waals surface area contributed by atoms with Gasteiger partial charge in [-0.15, -0.1) is 0 Å². The topological polar surface area (TPSA) is 73.6 Å². The number of hydrogen-bond acceptors (Lipinski definition) is 4. The summed E-state index contributed by atoms with van der Waals surface area (Å²) in [6.07, 6.45) is 1.29. The van der Waals surface area contributed by atoms with Gasteiger partial charge in [0.05, 0.1) is 14.2 Å². The summed E-state index contributed by atoms with van der Waals surface area (Å²) in [5, 5.41) is 2.89. The molecule has 3 N–H and O–H groups in total. The van der Waals surface area contributed by atoms with E-state index in [1.165, 1.54) is 0 Å². The number of nitrogens with two attached hydrogens (primary N) is 1. The molecule has 0 saturated heterocycles. The van der Waals surface area contributed by atoms with Crippen LogP contribution in [0, 0.1) is 5.92 Å². The fraction of sp³-hybridized carbons (Fsp3) is 0.533. The van der Waals surface area contributed by atoms with Crippen molar-refractivity contribution in [3.05, 3.63) is 23.8 Å². The highest BCUT2D eigenvalue weighted by Crippen LogP contribution is 2.23. The Hall–Kier alpha value is -1.75. The van der Waals surface area contributed by atoms with Crippen LogP contribution in [0.1, 0.15) is 25.3 Å². The number of ether oxygens (including phenoxy) is 2. The second-order valence-electron chi connectivity index (χ2n) is 4.83. The van der Waals surface area contributed by atoms with Crippen molar-refractivity contribution in [2.24, 2.45) is 11.7 Å². The van der Waals surface area contributed by atoms with Crippen molar-refractivity contribution in [1.29, 1.82) is 0 Å². The lowest BCUT2D eigenvalue weighted by Gasteiger charge is -2.12. The second kappa shape index (κ2) is 8.43. The van der Waals surface area contributed by atoms with Gasteiger partial charge in [0.15, 0.2) is 0 Å². The average Bonchev–Trinajstić information content (AvgIpc) is 2.49. The van der Waals surface area contributed by atoms with Crippen LogP contribution >= 0.6 is 0 Å². The molecule has 1 rings (SSSR count). The minimum Gasteiger partial charge on any atom is -0.497 e. The Balaban J connectivity index is 2.53. The molecule has 5 nitrogen and oxygen atoms in total. The summed E-state index contributed by atoms with van der Waals surface area (Å²) in [7, 11) is 3.22. The standard InChI is InChI=1S/C15H24N2O3/c1-11(9-16)4-7-15(18)17-10-12-8-13(19-2)5-6-14(12)20-3/h5-6,8,11H,4,7,9-10,16H2,1-3H3,(H,17,18). The Labute approximate surface area is 120 Å². The summed E-state index contributed by atoms with van der Waals surface area (Å²) in [5.74, 6) is 1.87. The van der Waals surface area contributed by atoms with Crippen LogP contribution in [0.4, 0.5) is 0 Å². The van der Waals surface area contributed by atoms with Crippen molar-refractivity contribution in [3.8, 4) is 11.5 Å². The van der Waals surface area contributed by atoms with E-state index in [1.807, 2.05) is 25.1 Å². The summed E-state index contributed by atoms with van der Waals surface area (Å²) in [6, 6.07) is 5.52. The minimum atomic E-state index is 0.0233. The highest BCUT2D eigenvalue weighted by molar-refractivity contribution is 5.75. The molecule has 0 heterocycles. The van der Waals surface area contributed by atoms with Gasteiger partial charge in [0.1, 0.15) is 11.5 Å². The lowest BCUT2D eigenvalue weighted by atomic mass is 10.1. The van der Waals surface area contributed by atoms with Crippen molar-refractivity contribution < 1.29 is 14.3 Å². The molecular weight excluding hydrogens is 256 g/mol. The molecule has 112 valence electrons. The SMILES string of the molecule is COc1ccc(OC)c(CNC(=O)CCC(C)CN)c1. The van der Waals surface area contributed by atoms with E-state index in [1.54, 1.807) is 14.2 Å². The van der Waals surface area contributed by atoms with E-state index in [-0.39, 0.29) is 5.91 Å². The number of carbonyl (C=O) groups is 1. The molecule has 1 atom stereocenters. The molecule has 0 aliphatic heterocycles. The van der Waals surface area contributed by atoms with Gasteiger partial charge in [-0.2, -0.15) is 0 Å². The predicted octanol–water partition coefficient (Wildman–Crippen LogP) is 1.69. The van der Waals surface area contributed by atoms with Crippen LogP contribution in [0.5, 0.6) is 11.5 Å². The van der Waals surface area contributed by atoms with Gasteiger partial charge in [0.25, 0.3) is 0 Å². The molecule has 0 fully saturated rings. The molecule has 1 unspecified atom stereocenters. The first-order valence-corrected chi connectivity index (χ1v) is 6.78. The van der Waals surface area contributed by atoms with Crippen molar-refractivity contribution in [1.82, 2.24) is 5.32 Å². The Kier molecular flexibility index (Phi) is 6.87. The van der Waals surface area contributed by atoms with Gasteiger partial charge in [-0.3, -0.25) is 4.79 Å². The first-order valence-electron chi connectivity index (χ1n) is 6.78. The smallest absolute Gasteiger partial charge is 0.220 e. The molecule has 0 radical (unpaired) electrons. The highest BCUT2D eigenvalue weighted by Gasteiger charge is 2.08. The fourth-order valence-electron chi connectivity index (χ4n) is 1.80. The number of carbonyl (C=O) groups excluding carboxylic acids is 1. The van der Waals surface area contributed by atoms with Gasteiger partial charge in [-0.25, -0.2) is 0 Å². The molecule has 0 saturated carbocycles. The Morgan fingerprint density at radius 1 is 1.35 bits per heavy atom. The third kappa shape index (κ3) is 5.09. The molecule has 0 bridgehead atoms. The van der Waals surface area contributed by atoms with Crippen molar-refractivity contribution >= 4 is 5.91 Å². The predicted molar refractivity (Wildman–Crippen MR) is 78.8 cm³/mol. The number of nitrogens with one attached hydrogen (secondary N) is 1. The zero-order valence-electron chi connectivity index (χ0n) is 12.4. The monoisotopic (exact) mass is 280 g/mol. The second-order valence-corrected chi connectivity index (χ2v) is 4.83. The van der Waals surface area contributed by atoms with Gasteiger partial charge in [0, 0.05) is 18.5 Å². The molecule has 1 aromatic carbocycles. The van der Waals surface area contributed by atoms with E-state index in [0.717, 1.165) is 23.5 Å². The van der Waals surface area contributed by atoms with Crippen LogP contribution < -0.4 is 20.5 Å². The van der Waals surface area contributed by atoms with Crippen LogP contribution in [-0.2, 0) is 11.3 Å². The van der Waals surface area contributed by atoms with Gasteiger partial charge in [-0.1, -0.05) is 6.92 Å². The van der Waals surface area contributed by atoms with Crippen LogP contribution in [0.2, 0.25) is 0 Å². The van der Waals surface area contributed by atoms with E-state index in [2.05, 4.69) is 5.32 Å². The summed E-state index contributed by atoms with van der Waals surface area (Å²) in [5.41, 5.74) is 6.43. The third-order valence-electron chi connectivity index (χ3n) is 3.23. The van der Waals surface area contributed by atoms with Crippen molar-refractivity contribution in [2.45, 2.75) is 26.3 Å². The zero-order valence-corrected chi connectivity index (χ0v) is 12.4. The number of benzene rings is 1. The van der Waals surface area contributed by atoms with Gasteiger partial charge in [-0.05, 0) is 37.1 Å². The Morgan fingerprint density at radius 2 is 2.10 bits per heavy atom. The van der Waals surface area contributed by atoms with E-state index < -0.39 is 0 Å². The Bertz CT molecular complexity index is 435. The molecule has 0 aliphatic rings. The van der Waals surface area contributed by atoms with Gasteiger partial charge in [0.2, 0.25) is 5.91 Å². The first kappa shape index (κ1) is 16.3. The van der Waals surface area contributed by atoms with Crippen molar-refractivity contribution in [3.63, 3.8) is 0 Å². The quantitative estimate of drug-likeness (QED) is 0.760. The summed E-state index contributed by atoms with van der Waals surface area (Å²) in [4.78, 5) is 11.8. The first-order chi connectivity index (χ1) is 9.60. The maximum absolute atomic E-state index is 11.8. The van der Waals surface area contributed by atoms with Crippen LogP contribution in [-0.4, -0.2) is 26.7 Å². The molecule has 5 heteroatoms. The molecule has 0 spiro atoms. The van der Waals surface area contributed by atoms with Crippen LogP contribution in [0.3, 0.4) is 0 Å². The van der Waals surface area contributed by atoms with Gasteiger partial charge < -0.3 is 20.5 Å². The van der Waals surface area contributed by atoms with Crippen molar-refractivity contribution in [2.75, 3.05) is 20.8 Å². The fourth-order valence-corrected chi connectivity index (χ4v) is 1.80. The number of amides is 1. The minimum absolute atomic E-state index is 0.0233. The molecule has 0 aromatic heterocycles. The zero-order chi connectivity index (χ0) is 15.0. The maximum Gasteiger partial charge on any atom is 0.220 e. The number of hydrogen-bond donors (Lipinski definition) is 2. The largest absolute Gasteiger partial charge is 0.497 e. The van der Waals surface area contributed by atoms with Crippen LogP contribution in [0.15, 0.2) is 18.2 Å². The third-order valence-corrected chi connectivity index (χ3v) is 3.23. The van der Waals surface area contributed by atoms with Crippen LogP contribution in [0.25, 0.3) is 0 Å². The summed E-state index contributed by atoms with van der Waals surface area (Å²) in [6.45, 7) is 3.07. The molecule has 0 aliphatic carbocycles. The van der Waals surface area contributed by atoms with E-state index in [9.17, 15) is 4.79 Å². The van der Waals surface area contributed by atoms with E-state index >= 15 is 0 Å². The van der Waals surface area contributed by atoms with Gasteiger partial charge >= 0.3 is 0 Å². The molecule has 1 amide bonds. The lowest BCUT2D eigenvalue weighted by molar-refractivity contribution is -0.121. The number of methoxy groups -OCH3 is 2. The molecular formula is C15H24N2O3. The molecule has 20 heavy (non-hydrogen) atoms. The highest BCUT2D eigenvalue weighted by atomic mass is 16.5.